The van der Waals surface area contributed by atoms with E-state index in [4.69, 9.17) is 0 Å². The van der Waals surface area contributed by atoms with Crippen LogP contribution in [-0.4, -0.2) is 6.29 Å². The van der Waals surface area contributed by atoms with Crippen molar-refractivity contribution in [2.75, 3.05) is 0 Å². The van der Waals surface area contributed by atoms with Gasteiger partial charge in [-0.25, -0.2) is 0 Å². The molecule has 0 saturated heterocycles. The van der Waals surface area contributed by atoms with Gasteiger partial charge in [-0.05, 0) is 12.1 Å². The molecule has 0 amide bonds. The first kappa shape index (κ1) is 18.2. The van der Waals surface area contributed by atoms with Gasteiger partial charge >= 0.3 is 0 Å². The van der Waals surface area contributed by atoms with Crippen molar-refractivity contribution in [2.24, 2.45) is 0 Å². The van der Waals surface area contributed by atoms with E-state index in [1.165, 1.54) is 38.4 Å². The van der Waals surface area contributed by atoms with Crippen molar-refractivity contribution >= 4 is 6.29 Å². The molecule has 110 valence electrons. The van der Waals surface area contributed by atoms with Gasteiger partial charge in [-0.15, -0.1) is 0 Å². The highest BCUT2D eigenvalue weighted by atomic mass is 16.3. The molecule has 0 saturated carbocycles. The number of hydrogen-bond donors (Lipinski definition) is 0. The van der Waals surface area contributed by atoms with Crippen LogP contribution in [0, 0.1) is 0 Å². The fourth-order valence-corrected chi connectivity index (χ4v) is 1.42. The number of carbonyl (C=O) groups excluding carboxylic acids is 1. The first-order valence-electron chi connectivity index (χ1n) is 7.33. The minimum Gasteiger partial charge on any atom is -0.462 e. The van der Waals surface area contributed by atoms with Crippen LogP contribution in [0.5, 0.6) is 0 Å². The minimum absolute atomic E-state index is 0.375. The molecular formula is C18H26O2. The predicted molar refractivity (Wildman–Crippen MR) is 85.0 cm³/mol. The Bertz CT molecular complexity index is 348. The van der Waals surface area contributed by atoms with Crippen LogP contribution in [0.3, 0.4) is 0 Å². The van der Waals surface area contributed by atoms with Gasteiger partial charge in [0, 0.05) is 0 Å². The first-order chi connectivity index (χ1) is 9.85. The van der Waals surface area contributed by atoms with Crippen molar-refractivity contribution in [1.82, 2.24) is 0 Å². The second-order valence-electron chi connectivity index (χ2n) is 4.35. The standard InChI is InChI=1S/C7H16.C6H6.C5H4O2/c1-3-5-7-6-4-2;1-2-4-6-5-3-1;6-4-5-2-1-3-7-5/h3-7H2,1-2H3;1-6H;1-4H. The lowest BCUT2D eigenvalue weighted by molar-refractivity contribution is 0.110. The summed E-state index contributed by atoms with van der Waals surface area (Å²) in [7, 11) is 0. The number of unbranched alkanes of at least 4 members (excludes halogenated alkanes) is 4. The zero-order valence-corrected chi connectivity index (χ0v) is 12.6. The second-order valence-corrected chi connectivity index (χ2v) is 4.35. The highest BCUT2D eigenvalue weighted by Crippen LogP contribution is 2.00. The Labute approximate surface area is 122 Å². The van der Waals surface area contributed by atoms with Crippen LogP contribution >= 0.6 is 0 Å². The third-order valence-corrected chi connectivity index (χ3v) is 2.53. The first-order valence-corrected chi connectivity index (χ1v) is 7.33. The van der Waals surface area contributed by atoms with Gasteiger partial charge in [0.05, 0.1) is 6.26 Å². The molecule has 1 aromatic carbocycles. The highest BCUT2D eigenvalue weighted by molar-refractivity contribution is 5.69. The number of furan rings is 1. The van der Waals surface area contributed by atoms with E-state index in [1.54, 1.807) is 12.1 Å². The molecule has 0 bridgehead atoms. The molecule has 0 unspecified atom stereocenters. The molecule has 0 N–H and O–H groups in total. The van der Waals surface area contributed by atoms with Crippen LogP contribution in [0.2, 0.25) is 0 Å². The average molecular weight is 274 g/mol. The topological polar surface area (TPSA) is 30.2 Å². The molecule has 0 aliphatic rings. The van der Waals surface area contributed by atoms with Crippen molar-refractivity contribution in [3.8, 4) is 0 Å². The quantitative estimate of drug-likeness (QED) is 0.513. The lowest BCUT2D eigenvalue weighted by atomic mass is 10.2. The maximum Gasteiger partial charge on any atom is 0.185 e. The molecule has 0 aliphatic heterocycles. The molecule has 0 spiro atoms. The molecule has 1 heterocycles. The predicted octanol–water partition coefficient (Wildman–Crippen LogP) is 5.76. The zero-order valence-electron chi connectivity index (χ0n) is 12.6. The summed E-state index contributed by atoms with van der Waals surface area (Å²) in [6.07, 6.45) is 9.14. The van der Waals surface area contributed by atoms with E-state index in [0.29, 0.717) is 12.0 Å². The van der Waals surface area contributed by atoms with Crippen LogP contribution in [0.15, 0.2) is 59.2 Å². The summed E-state index contributed by atoms with van der Waals surface area (Å²) in [5.74, 6) is 0.375. The molecule has 2 nitrogen and oxygen atoms in total. The molecular weight excluding hydrogens is 248 g/mol. The van der Waals surface area contributed by atoms with E-state index < -0.39 is 0 Å². The van der Waals surface area contributed by atoms with E-state index in [1.807, 2.05) is 36.4 Å². The third-order valence-electron chi connectivity index (χ3n) is 2.53. The average Bonchev–Trinajstić information content (AvgIpc) is 3.04. The van der Waals surface area contributed by atoms with E-state index in [-0.39, 0.29) is 0 Å². The van der Waals surface area contributed by atoms with Crippen molar-refractivity contribution in [3.63, 3.8) is 0 Å². The van der Waals surface area contributed by atoms with Crippen molar-refractivity contribution in [1.29, 1.82) is 0 Å². The number of carbonyl (C=O) groups is 1. The Morgan fingerprint density at radius 1 is 0.850 bits per heavy atom. The molecule has 2 heteroatoms. The summed E-state index contributed by atoms with van der Waals surface area (Å²) < 4.78 is 4.61. The van der Waals surface area contributed by atoms with Crippen LogP contribution in [0.1, 0.15) is 56.5 Å². The minimum atomic E-state index is 0.375. The van der Waals surface area contributed by atoms with Crippen LogP contribution in [0.4, 0.5) is 0 Å². The molecule has 2 aromatic rings. The summed E-state index contributed by atoms with van der Waals surface area (Å²) in [6, 6.07) is 15.3. The van der Waals surface area contributed by atoms with Gasteiger partial charge in [-0.3, -0.25) is 4.79 Å². The second kappa shape index (κ2) is 15.2. The Hall–Kier alpha value is -1.83. The van der Waals surface area contributed by atoms with Crippen molar-refractivity contribution < 1.29 is 9.21 Å². The molecule has 0 aliphatic carbocycles. The summed E-state index contributed by atoms with van der Waals surface area (Å²) in [5, 5.41) is 0. The molecule has 20 heavy (non-hydrogen) atoms. The maximum absolute atomic E-state index is 9.77. The lowest BCUT2D eigenvalue weighted by Crippen LogP contribution is -1.70. The third kappa shape index (κ3) is 12.6. The molecule has 0 radical (unpaired) electrons. The van der Waals surface area contributed by atoms with E-state index in [0.717, 1.165) is 0 Å². The number of aldehydes is 1. The SMILES string of the molecule is CCCCCCC.O=Cc1ccco1.c1ccccc1. The Morgan fingerprint density at radius 2 is 1.35 bits per heavy atom. The van der Waals surface area contributed by atoms with E-state index in [2.05, 4.69) is 18.3 Å². The fraction of sp³-hybridized carbons (Fsp3) is 0.389. The van der Waals surface area contributed by atoms with Gasteiger partial charge in [0.1, 0.15) is 0 Å². The lowest BCUT2D eigenvalue weighted by Gasteiger charge is -1.90. The van der Waals surface area contributed by atoms with E-state index >= 15 is 0 Å². The van der Waals surface area contributed by atoms with Crippen molar-refractivity contribution in [3.05, 3.63) is 60.6 Å². The Balaban J connectivity index is 0.000000271. The largest absolute Gasteiger partial charge is 0.462 e. The van der Waals surface area contributed by atoms with Crippen molar-refractivity contribution in [2.45, 2.75) is 46.0 Å². The van der Waals surface area contributed by atoms with Crippen LogP contribution in [-0.2, 0) is 0 Å². The Kier molecular flexibility index (Phi) is 13.8. The van der Waals surface area contributed by atoms with Crippen LogP contribution < -0.4 is 0 Å². The normalized spacial score (nSPS) is 8.70. The summed E-state index contributed by atoms with van der Waals surface area (Å²) in [6.45, 7) is 4.49. The summed E-state index contributed by atoms with van der Waals surface area (Å²) in [4.78, 5) is 9.77. The van der Waals surface area contributed by atoms with Crippen LogP contribution in [0.25, 0.3) is 0 Å². The molecule has 0 atom stereocenters. The monoisotopic (exact) mass is 274 g/mol. The fourth-order valence-electron chi connectivity index (χ4n) is 1.42. The molecule has 2 rings (SSSR count). The zero-order chi connectivity index (χ0) is 14.9. The number of benzene rings is 1. The number of rotatable bonds is 5. The smallest absolute Gasteiger partial charge is 0.185 e. The number of hydrogen-bond acceptors (Lipinski definition) is 2. The summed E-state index contributed by atoms with van der Waals surface area (Å²) in [5.41, 5.74) is 0. The van der Waals surface area contributed by atoms with Gasteiger partial charge in [0.25, 0.3) is 0 Å². The summed E-state index contributed by atoms with van der Waals surface area (Å²) >= 11 is 0. The highest BCUT2D eigenvalue weighted by Gasteiger charge is 1.84. The maximum atomic E-state index is 9.77. The van der Waals surface area contributed by atoms with E-state index in [9.17, 15) is 4.79 Å². The van der Waals surface area contributed by atoms with Gasteiger partial charge in [-0.2, -0.15) is 0 Å². The molecule has 0 fully saturated rings. The van der Waals surface area contributed by atoms with Gasteiger partial charge < -0.3 is 4.42 Å². The molecule has 1 aromatic heterocycles. The van der Waals surface area contributed by atoms with Gasteiger partial charge in [0.2, 0.25) is 0 Å². The van der Waals surface area contributed by atoms with Gasteiger partial charge in [-0.1, -0.05) is 82.3 Å². The Morgan fingerprint density at radius 3 is 1.60 bits per heavy atom. The van der Waals surface area contributed by atoms with Gasteiger partial charge in [0.15, 0.2) is 12.0 Å².